The second-order valence-electron chi connectivity index (χ2n) is 11.4. The summed E-state index contributed by atoms with van der Waals surface area (Å²) in [4.78, 5) is 20.4. The summed E-state index contributed by atoms with van der Waals surface area (Å²) in [6.07, 6.45) is 41.8. The summed E-state index contributed by atoms with van der Waals surface area (Å²) in [5, 5.41) is 20.4. The van der Waals surface area contributed by atoms with Crippen molar-refractivity contribution in [2.45, 2.75) is 194 Å². The van der Waals surface area contributed by atoms with Crippen LogP contribution in [0.15, 0.2) is 24.3 Å². The molecule has 0 aliphatic rings. The molecule has 0 radical (unpaired) electrons. The van der Waals surface area contributed by atoms with Crippen molar-refractivity contribution < 1.29 is 47.1 Å². The molecule has 0 rings (SSSR count). The number of rotatable bonds is 30. The minimum absolute atomic E-state index is 0. The fourth-order valence-electron chi connectivity index (χ4n) is 4.68. The van der Waals surface area contributed by atoms with Crippen molar-refractivity contribution in [3.63, 3.8) is 0 Å². The van der Waals surface area contributed by atoms with Gasteiger partial charge in [-0.3, -0.25) is 0 Å². The van der Waals surface area contributed by atoms with Crippen LogP contribution in [0, 0.1) is 0 Å². The van der Waals surface area contributed by atoms with Crippen molar-refractivity contribution in [1.29, 1.82) is 0 Å². The van der Waals surface area contributed by atoms with E-state index in [1.807, 2.05) is 0 Å². The Morgan fingerprint density at radius 1 is 0.390 bits per heavy atom. The number of hydrogen-bond donors (Lipinski definition) is 0. The zero-order chi connectivity index (χ0) is 29.8. The van der Waals surface area contributed by atoms with Gasteiger partial charge >= 0.3 is 27.3 Å². The summed E-state index contributed by atoms with van der Waals surface area (Å²) in [5.41, 5.74) is 0. The molecule has 4 nitrogen and oxygen atoms in total. The minimum atomic E-state index is -0.914. The zero-order valence-corrected chi connectivity index (χ0v) is 31.5. The van der Waals surface area contributed by atoms with Gasteiger partial charge in [-0.25, -0.2) is 0 Å². The Kier molecular flexibility index (Phi) is 45.3. The smallest absolute Gasteiger partial charge is 0.550 e. The summed E-state index contributed by atoms with van der Waals surface area (Å²) < 4.78 is 0. The van der Waals surface area contributed by atoms with E-state index in [1.165, 1.54) is 128 Å². The van der Waals surface area contributed by atoms with E-state index >= 15 is 0 Å². The Morgan fingerprint density at radius 3 is 0.854 bits per heavy atom. The molecule has 0 atom stereocenters. The Hall–Kier alpha value is -0.658. The molecule has 0 N–H and O–H groups in total. The summed E-state index contributed by atoms with van der Waals surface area (Å²) >= 11 is 0. The minimum Gasteiger partial charge on any atom is -0.550 e. The molecular weight excluding hydrogens is 609 g/mol. The van der Waals surface area contributed by atoms with Crippen LogP contribution in [-0.4, -0.2) is 11.9 Å². The van der Waals surface area contributed by atoms with Gasteiger partial charge in [-0.2, -0.15) is 0 Å². The number of allylic oxidation sites excluding steroid dienone is 4. The van der Waals surface area contributed by atoms with Gasteiger partial charge in [0.2, 0.25) is 0 Å². The Labute approximate surface area is 275 Å². The third-order valence-corrected chi connectivity index (χ3v) is 7.29. The van der Waals surface area contributed by atoms with Crippen molar-refractivity contribution in [1.82, 2.24) is 0 Å². The molecule has 0 bridgehead atoms. The Bertz CT molecular complexity index is 524. The van der Waals surface area contributed by atoms with Gasteiger partial charge in [0.25, 0.3) is 0 Å². The van der Waals surface area contributed by atoms with Crippen molar-refractivity contribution in [3.05, 3.63) is 24.3 Å². The average Bonchev–Trinajstić information content (AvgIpc) is 2.93. The molecule has 41 heavy (non-hydrogen) atoms. The number of carboxylic acids is 2. The molecule has 0 aromatic carbocycles. The number of unbranched alkanes of at least 4 members (excludes halogenated alkanes) is 22. The van der Waals surface area contributed by atoms with Crippen LogP contribution in [0.4, 0.5) is 0 Å². The van der Waals surface area contributed by atoms with E-state index in [0.29, 0.717) is 0 Å². The second-order valence-corrected chi connectivity index (χ2v) is 11.4. The monoisotopic (exact) mass is 676 g/mol. The fourth-order valence-corrected chi connectivity index (χ4v) is 4.68. The van der Waals surface area contributed by atoms with E-state index in [0.717, 1.165) is 38.5 Å². The molecule has 0 aromatic heterocycles. The molecule has 0 amide bonds. The van der Waals surface area contributed by atoms with E-state index < -0.39 is 11.9 Å². The van der Waals surface area contributed by atoms with Crippen LogP contribution in [0.5, 0.6) is 0 Å². The van der Waals surface area contributed by atoms with Gasteiger partial charge in [0.05, 0.1) is 0 Å². The van der Waals surface area contributed by atoms with Crippen LogP contribution in [0.3, 0.4) is 0 Å². The first-order valence-electron chi connectivity index (χ1n) is 17.2. The molecule has 0 saturated heterocycles. The maximum atomic E-state index is 10.2. The summed E-state index contributed by atoms with van der Waals surface area (Å²) in [6, 6.07) is 0. The maximum absolute atomic E-state index is 10.2. The van der Waals surface area contributed by atoms with Crippen molar-refractivity contribution >= 4 is 11.9 Å². The van der Waals surface area contributed by atoms with E-state index in [4.69, 9.17) is 0 Å². The quantitative estimate of drug-likeness (QED) is 0.0432. The van der Waals surface area contributed by atoms with Crippen molar-refractivity contribution in [2.24, 2.45) is 0 Å². The first-order chi connectivity index (χ1) is 19.5. The van der Waals surface area contributed by atoms with Crippen LogP contribution in [0.1, 0.15) is 194 Å². The molecule has 0 spiro atoms. The summed E-state index contributed by atoms with van der Waals surface area (Å²) in [5.74, 6) is -1.83. The van der Waals surface area contributed by atoms with Gasteiger partial charge in [0, 0.05) is 11.9 Å². The third-order valence-electron chi connectivity index (χ3n) is 7.29. The van der Waals surface area contributed by atoms with Gasteiger partial charge in [0.1, 0.15) is 0 Å². The third kappa shape index (κ3) is 49.3. The Morgan fingerprint density at radius 2 is 0.610 bits per heavy atom. The summed E-state index contributed by atoms with van der Waals surface area (Å²) in [6.45, 7) is 4.51. The van der Waals surface area contributed by atoms with Gasteiger partial charge in [-0.05, 0) is 77.0 Å². The molecule has 0 heterocycles. The molecule has 0 unspecified atom stereocenters. The van der Waals surface area contributed by atoms with Crippen LogP contribution < -0.4 is 10.2 Å². The topological polar surface area (TPSA) is 80.3 Å². The molecule has 236 valence electrons. The number of carbonyl (C=O) groups excluding carboxylic acids is 2. The number of carbonyl (C=O) groups is 2. The predicted octanol–water partition coefficient (Wildman–Crippen LogP) is 9.55. The van der Waals surface area contributed by atoms with Gasteiger partial charge in [0.15, 0.2) is 0 Å². The molecular formula is C36H66CdO4. The van der Waals surface area contributed by atoms with E-state index in [2.05, 4.69) is 38.2 Å². The van der Waals surface area contributed by atoms with Crippen molar-refractivity contribution in [2.75, 3.05) is 0 Å². The van der Waals surface area contributed by atoms with Gasteiger partial charge < -0.3 is 19.8 Å². The molecule has 0 fully saturated rings. The normalized spacial score (nSPS) is 11.0. The number of hydrogen-bond acceptors (Lipinski definition) is 4. The molecule has 0 aliphatic heterocycles. The largest absolute Gasteiger partial charge is 2.00 e. The first kappa shape index (κ1) is 44.8. The summed E-state index contributed by atoms with van der Waals surface area (Å²) in [7, 11) is 0. The van der Waals surface area contributed by atoms with E-state index in [1.54, 1.807) is 0 Å². The molecule has 5 heteroatoms. The van der Waals surface area contributed by atoms with Crippen LogP contribution >= 0.6 is 0 Å². The maximum Gasteiger partial charge on any atom is 2.00 e. The van der Waals surface area contributed by atoms with Crippen molar-refractivity contribution in [3.8, 4) is 0 Å². The Balaban J connectivity index is -0.000000688. The fraction of sp³-hybridized carbons (Fsp3) is 0.833. The predicted molar refractivity (Wildman–Crippen MR) is 169 cm³/mol. The average molecular weight is 675 g/mol. The van der Waals surface area contributed by atoms with E-state index in [-0.39, 0.29) is 40.1 Å². The van der Waals surface area contributed by atoms with Gasteiger partial charge in [-0.1, -0.05) is 141 Å². The van der Waals surface area contributed by atoms with Gasteiger partial charge in [-0.15, -0.1) is 0 Å². The van der Waals surface area contributed by atoms with Crippen LogP contribution in [0.2, 0.25) is 0 Å². The molecule has 0 saturated carbocycles. The first-order valence-corrected chi connectivity index (χ1v) is 17.2. The zero-order valence-electron chi connectivity index (χ0n) is 27.4. The molecule has 0 aliphatic carbocycles. The number of carboxylic acid groups (broad SMARTS) is 2. The van der Waals surface area contributed by atoms with Crippen LogP contribution in [-0.2, 0) is 36.9 Å². The second kappa shape index (κ2) is 41.5. The number of aliphatic carboxylic acids is 2. The van der Waals surface area contributed by atoms with Crippen LogP contribution in [0.25, 0.3) is 0 Å². The standard InChI is InChI=1S/2C18H34O2.Cd/c2*1-2-3-4-5-6-7-8-9-10-11-12-13-14-15-16-17-18(19)20;/h2*9-10H,2-8,11-17H2,1H3,(H,19,20);/q;;+2/p-2/b2*10-9-;. The molecule has 0 aromatic rings. The van der Waals surface area contributed by atoms with E-state index in [9.17, 15) is 19.8 Å². The SMILES string of the molecule is CCCCCCCC/C=C\CCCCCCCC(=O)[O-].CCCCCCCC/C=C\CCCCCCCC(=O)[O-].[Cd+2].